The summed E-state index contributed by atoms with van der Waals surface area (Å²) in [6.07, 6.45) is 0. The van der Waals surface area contributed by atoms with Gasteiger partial charge in [-0.05, 0) is 33.6 Å². The normalized spacial score (nSPS) is 16.5. The summed E-state index contributed by atoms with van der Waals surface area (Å²) in [5.74, 6) is -1.75. The highest BCUT2D eigenvalue weighted by Crippen LogP contribution is 2.39. The topological polar surface area (TPSA) is 125 Å². The predicted molar refractivity (Wildman–Crippen MR) is 81.1 cm³/mol. The van der Waals surface area contributed by atoms with Crippen LogP contribution in [0, 0.1) is 17.1 Å². The number of nitrogens with one attached hydrogen (secondary N) is 2. The number of halogens is 2. The number of H-pyrrole nitrogens is 2. The summed E-state index contributed by atoms with van der Waals surface area (Å²) < 4.78 is 18.8. The summed E-state index contributed by atoms with van der Waals surface area (Å²) in [7, 11) is 0. The van der Waals surface area contributed by atoms with Crippen molar-refractivity contribution in [3.8, 4) is 11.9 Å². The Kier molecular flexibility index (Phi) is 3.54. The van der Waals surface area contributed by atoms with Gasteiger partial charge in [0.25, 0.3) is 5.56 Å². The molecule has 1 aliphatic rings. The summed E-state index contributed by atoms with van der Waals surface area (Å²) in [5.41, 5.74) is 4.70. The van der Waals surface area contributed by atoms with Crippen LogP contribution < -0.4 is 21.7 Å². The van der Waals surface area contributed by atoms with Gasteiger partial charge in [-0.15, -0.1) is 0 Å². The molecule has 2 heterocycles. The Hall–Kier alpha value is -2.86. The van der Waals surface area contributed by atoms with Gasteiger partial charge in [0.1, 0.15) is 17.5 Å². The zero-order valence-electron chi connectivity index (χ0n) is 11.3. The second-order valence-corrected chi connectivity index (χ2v) is 5.60. The van der Waals surface area contributed by atoms with E-state index < -0.39 is 23.0 Å². The van der Waals surface area contributed by atoms with Gasteiger partial charge in [-0.3, -0.25) is 14.8 Å². The maximum absolute atomic E-state index is 13.5. The smallest absolute Gasteiger partial charge is 0.328 e. The molecule has 0 aliphatic carbocycles. The Morgan fingerprint density at radius 3 is 2.74 bits per heavy atom. The molecule has 1 aromatic carbocycles. The third kappa shape index (κ3) is 2.43. The molecule has 0 saturated carbocycles. The van der Waals surface area contributed by atoms with Crippen LogP contribution in [0.4, 0.5) is 4.39 Å². The first-order chi connectivity index (χ1) is 10.9. The van der Waals surface area contributed by atoms with Crippen molar-refractivity contribution in [2.75, 3.05) is 0 Å². The number of nitriles is 1. The Morgan fingerprint density at radius 1 is 1.35 bits per heavy atom. The molecule has 1 aromatic heterocycles. The van der Waals surface area contributed by atoms with E-state index in [1.54, 1.807) is 0 Å². The highest BCUT2D eigenvalue weighted by Gasteiger charge is 2.34. The number of hydrogen-bond donors (Lipinski definition) is 3. The quantitative estimate of drug-likeness (QED) is 0.686. The Labute approximate surface area is 136 Å². The lowest BCUT2D eigenvalue weighted by molar-refractivity contribution is 0.373. The number of nitrogens with two attached hydrogens (primary N) is 1. The lowest BCUT2D eigenvalue weighted by Crippen LogP contribution is -2.33. The van der Waals surface area contributed by atoms with Gasteiger partial charge in [0.2, 0.25) is 11.8 Å². The van der Waals surface area contributed by atoms with E-state index >= 15 is 0 Å². The minimum absolute atomic E-state index is 0.00597. The molecule has 1 aliphatic heterocycles. The van der Waals surface area contributed by atoms with Crippen LogP contribution in [0.15, 0.2) is 43.7 Å². The Bertz CT molecular complexity index is 1000. The summed E-state index contributed by atoms with van der Waals surface area (Å²) >= 11 is 3.06. The fourth-order valence-electron chi connectivity index (χ4n) is 2.41. The van der Waals surface area contributed by atoms with Crippen LogP contribution in [0.25, 0.3) is 0 Å². The lowest BCUT2D eigenvalue weighted by Gasteiger charge is -2.24. The number of rotatable bonds is 1. The van der Waals surface area contributed by atoms with E-state index in [2.05, 4.69) is 25.9 Å². The third-order valence-corrected chi connectivity index (χ3v) is 4.00. The fraction of sp³-hybridized carbons (Fsp3) is 0.0714. The molecule has 0 bridgehead atoms. The first kappa shape index (κ1) is 15.1. The lowest BCUT2D eigenvalue weighted by atomic mass is 9.85. The van der Waals surface area contributed by atoms with Crippen molar-refractivity contribution < 1.29 is 9.13 Å². The predicted octanol–water partition coefficient (Wildman–Crippen LogP) is 1.18. The maximum atomic E-state index is 13.5. The standard InChI is InChI=1S/C14H8BrFN4O3/c15-7-3-5(1-2-8(7)16)9-6(4-17)11(18)23-13-10(9)12(21)19-14(22)20-13/h1-3,9H,18H2,(H2,19,20,21,22)/t9-/m1/s1. The van der Waals surface area contributed by atoms with Gasteiger partial charge >= 0.3 is 5.69 Å². The van der Waals surface area contributed by atoms with E-state index in [-0.39, 0.29) is 27.4 Å². The van der Waals surface area contributed by atoms with Gasteiger partial charge in [-0.1, -0.05) is 6.07 Å². The second kappa shape index (κ2) is 5.40. The Morgan fingerprint density at radius 2 is 2.09 bits per heavy atom. The molecule has 116 valence electrons. The number of aromatic nitrogens is 2. The molecule has 0 spiro atoms. The van der Waals surface area contributed by atoms with Crippen LogP contribution in [-0.2, 0) is 0 Å². The highest BCUT2D eigenvalue weighted by atomic mass is 79.9. The van der Waals surface area contributed by atoms with E-state index in [0.717, 1.165) is 0 Å². The van der Waals surface area contributed by atoms with E-state index in [4.69, 9.17) is 10.5 Å². The van der Waals surface area contributed by atoms with Crippen LogP contribution in [0.1, 0.15) is 17.0 Å². The maximum Gasteiger partial charge on any atom is 0.328 e. The number of fused-ring (bicyclic) bond motifs is 1. The van der Waals surface area contributed by atoms with Crippen molar-refractivity contribution in [2.24, 2.45) is 5.73 Å². The van der Waals surface area contributed by atoms with Crippen molar-refractivity contribution in [1.82, 2.24) is 9.97 Å². The van der Waals surface area contributed by atoms with Crippen LogP contribution in [-0.4, -0.2) is 9.97 Å². The first-order valence-electron chi connectivity index (χ1n) is 6.31. The molecule has 0 amide bonds. The molecular formula is C14H8BrFN4O3. The zero-order valence-corrected chi connectivity index (χ0v) is 12.9. The molecular weight excluding hydrogens is 371 g/mol. The number of nitrogens with zero attached hydrogens (tertiary/aromatic N) is 1. The molecule has 0 radical (unpaired) electrons. The van der Waals surface area contributed by atoms with Crippen molar-refractivity contribution in [3.63, 3.8) is 0 Å². The molecule has 1 atom stereocenters. The molecule has 3 rings (SSSR count). The Balaban J connectivity index is 2.33. The molecule has 0 unspecified atom stereocenters. The SMILES string of the molecule is N#CC1=C(N)Oc2[nH]c(=O)[nH]c(=O)c2[C@@H]1c1ccc(F)c(Br)c1. The van der Waals surface area contributed by atoms with Crippen molar-refractivity contribution in [2.45, 2.75) is 5.92 Å². The highest BCUT2D eigenvalue weighted by molar-refractivity contribution is 9.10. The number of benzene rings is 1. The average Bonchev–Trinajstić information content (AvgIpc) is 2.48. The molecule has 0 saturated heterocycles. The van der Waals surface area contributed by atoms with Gasteiger partial charge in [-0.25, -0.2) is 9.18 Å². The van der Waals surface area contributed by atoms with Gasteiger partial charge < -0.3 is 10.5 Å². The van der Waals surface area contributed by atoms with Crippen LogP contribution in [0.2, 0.25) is 0 Å². The minimum atomic E-state index is -0.888. The summed E-state index contributed by atoms with van der Waals surface area (Å²) in [6, 6.07) is 5.95. The number of hydrogen-bond acceptors (Lipinski definition) is 5. The van der Waals surface area contributed by atoms with Gasteiger partial charge in [0.15, 0.2) is 0 Å². The van der Waals surface area contributed by atoms with E-state index in [1.165, 1.54) is 18.2 Å². The largest absolute Gasteiger partial charge is 0.424 e. The van der Waals surface area contributed by atoms with E-state index in [1.807, 2.05) is 6.07 Å². The van der Waals surface area contributed by atoms with Crippen molar-refractivity contribution in [1.29, 1.82) is 5.26 Å². The zero-order chi connectivity index (χ0) is 16.7. The van der Waals surface area contributed by atoms with E-state index in [0.29, 0.717) is 5.56 Å². The minimum Gasteiger partial charge on any atom is -0.424 e. The average molecular weight is 379 g/mol. The number of aromatic amines is 2. The summed E-state index contributed by atoms with van der Waals surface area (Å²) in [4.78, 5) is 28.0. The summed E-state index contributed by atoms with van der Waals surface area (Å²) in [5, 5.41) is 9.35. The number of ether oxygens (including phenoxy) is 1. The van der Waals surface area contributed by atoms with Gasteiger partial charge in [-0.2, -0.15) is 5.26 Å². The second-order valence-electron chi connectivity index (χ2n) is 4.75. The van der Waals surface area contributed by atoms with Crippen LogP contribution >= 0.6 is 15.9 Å². The molecule has 23 heavy (non-hydrogen) atoms. The molecule has 4 N–H and O–H groups in total. The van der Waals surface area contributed by atoms with Gasteiger partial charge in [0.05, 0.1) is 16.0 Å². The number of allylic oxidation sites excluding steroid dienone is 1. The molecule has 0 fully saturated rings. The first-order valence-corrected chi connectivity index (χ1v) is 7.10. The molecule has 2 aromatic rings. The van der Waals surface area contributed by atoms with Crippen molar-refractivity contribution >= 4 is 15.9 Å². The molecule has 9 heteroatoms. The van der Waals surface area contributed by atoms with E-state index in [9.17, 15) is 19.2 Å². The van der Waals surface area contributed by atoms with Gasteiger partial charge in [0, 0.05) is 0 Å². The van der Waals surface area contributed by atoms with Crippen LogP contribution in [0.3, 0.4) is 0 Å². The fourth-order valence-corrected chi connectivity index (χ4v) is 2.81. The van der Waals surface area contributed by atoms with Crippen molar-refractivity contribution in [3.05, 3.63) is 71.9 Å². The monoisotopic (exact) mass is 378 g/mol. The van der Waals surface area contributed by atoms with Crippen LogP contribution in [0.5, 0.6) is 5.88 Å². The summed E-state index contributed by atoms with van der Waals surface area (Å²) in [6.45, 7) is 0. The third-order valence-electron chi connectivity index (χ3n) is 3.40. The molecule has 7 nitrogen and oxygen atoms in total.